The Morgan fingerprint density at radius 3 is 3.05 bits per heavy atom. The molecule has 1 aromatic heterocycles. The van der Waals surface area contributed by atoms with Gasteiger partial charge in [-0.1, -0.05) is 30.0 Å². The lowest BCUT2D eigenvalue weighted by molar-refractivity contribution is -0.115. The lowest BCUT2D eigenvalue weighted by atomic mass is 10.1. The van der Waals surface area contributed by atoms with Crippen LogP contribution in [0.5, 0.6) is 0 Å². The first-order chi connectivity index (χ1) is 9.22. The van der Waals surface area contributed by atoms with Crippen LogP contribution in [-0.4, -0.2) is 16.1 Å². The van der Waals surface area contributed by atoms with Crippen molar-refractivity contribution in [1.82, 2.24) is 4.98 Å². The van der Waals surface area contributed by atoms with Gasteiger partial charge in [-0.2, -0.15) is 0 Å². The summed E-state index contributed by atoms with van der Waals surface area (Å²) in [4.78, 5) is 16.7. The number of hydrogen-bond donors (Lipinski definition) is 1. The summed E-state index contributed by atoms with van der Waals surface area (Å²) in [6.45, 7) is 1.98. The summed E-state index contributed by atoms with van der Waals surface area (Å²) in [5, 5.41) is 4.98. The molecule has 0 spiro atoms. The molecule has 0 saturated carbocycles. The first-order valence-corrected chi connectivity index (χ1v) is 7.96. The predicted octanol–water partition coefficient (Wildman–Crippen LogP) is 3.50. The molecule has 5 heteroatoms. The number of benzene rings is 1. The van der Waals surface area contributed by atoms with E-state index in [9.17, 15) is 4.79 Å². The molecule has 3 rings (SSSR count). The molecule has 1 unspecified atom stereocenters. The summed E-state index contributed by atoms with van der Waals surface area (Å²) in [7, 11) is 0. The summed E-state index contributed by atoms with van der Waals surface area (Å²) >= 11 is 3.18. The predicted molar refractivity (Wildman–Crippen MR) is 79.9 cm³/mol. The van der Waals surface area contributed by atoms with Gasteiger partial charge in [0, 0.05) is 16.8 Å². The summed E-state index contributed by atoms with van der Waals surface area (Å²) in [5.41, 5.74) is 3.19. The number of aromatic nitrogens is 1. The van der Waals surface area contributed by atoms with E-state index in [1.807, 2.05) is 30.5 Å². The number of thiazole rings is 1. The summed E-state index contributed by atoms with van der Waals surface area (Å²) in [6, 6.07) is 8.02. The van der Waals surface area contributed by atoms with Gasteiger partial charge in [0.05, 0.1) is 5.25 Å². The number of rotatable bonds is 2. The van der Waals surface area contributed by atoms with Gasteiger partial charge < -0.3 is 5.32 Å². The number of thioether (sulfide) groups is 1. The van der Waals surface area contributed by atoms with Gasteiger partial charge in [-0.25, -0.2) is 4.98 Å². The summed E-state index contributed by atoms with van der Waals surface area (Å²) in [6.07, 6.45) is 1.78. The maximum absolute atomic E-state index is 12.2. The van der Waals surface area contributed by atoms with Crippen molar-refractivity contribution in [2.24, 2.45) is 0 Å². The number of nitrogens with one attached hydrogen (secondary N) is 1. The molecule has 0 fully saturated rings. The SMILES string of the molecule is Cc1csc(SC2CCc3ccccc3NC2=O)n1. The topological polar surface area (TPSA) is 42.0 Å². The van der Waals surface area contributed by atoms with E-state index < -0.39 is 0 Å². The first kappa shape index (κ1) is 12.7. The fourth-order valence-corrected chi connectivity index (χ4v) is 4.19. The van der Waals surface area contributed by atoms with Crippen molar-refractivity contribution in [3.63, 3.8) is 0 Å². The third-order valence-electron chi connectivity index (χ3n) is 3.08. The van der Waals surface area contributed by atoms with E-state index in [1.54, 1.807) is 23.1 Å². The molecule has 1 amide bonds. The normalized spacial score (nSPS) is 18.6. The average molecular weight is 290 g/mol. The summed E-state index contributed by atoms with van der Waals surface area (Å²) < 4.78 is 0.976. The minimum absolute atomic E-state index is 0.0575. The van der Waals surface area contributed by atoms with Gasteiger partial charge in [0.15, 0.2) is 4.34 Å². The van der Waals surface area contributed by atoms with Gasteiger partial charge in [0.2, 0.25) is 5.91 Å². The van der Waals surface area contributed by atoms with Crippen LogP contribution in [0.2, 0.25) is 0 Å². The van der Waals surface area contributed by atoms with Crippen LogP contribution in [-0.2, 0) is 11.2 Å². The Hall–Kier alpha value is -1.33. The maximum atomic E-state index is 12.2. The van der Waals surface area contributed by atoms with Crippen LogP contribution in [0.15, 0.2) is 34.0 Å². The minimum atomic E-state index is -0.0575. The molecule has 98 valence electrons. The zero-order valence-corrected chi connectivity index (χ0v) is 12.2. The fraction of sp³-hybridized carbons (Fsp3) is 0.286. The van der Waals surface area contributed by atoms with E-state index in [1.165, 1.54) is 5.56 Å². The Bertz CT molecular complexity index is 609. The molecule has 2 heterocycles. The van der Waals surface area contributed by atoms with E-state index in [0.29, 0.717) is 0 Å². The molecule has 0 saturated heterocycles. The smallest absolute Gasteiger partial charge is 0.237 e. The molecule has 0 aliphatic carbocycles. The maximum Gasteiger partial charge on any atom is 0.237 e. The second-order valence-electron chi connectivity index (χ2n) is 4.55. The quantitative estimate of drug-likeness (QED) is 0.920. The number of nitrogens with zero attached hydrogens (tertiary/aromatic N) is 1. The Morgan fingerprint density at radius 1 is 1.42 bits per heavy atom. The standard InChI is InChI=1S/C14H14N2OS2/c1-9-8-18-14(15-9)19-12-7-6-10-4-2-3-5-11(10)16-13(12)17/h2-5,8,12H,6-7H2,1H3,(H,16,17). The number of carbonyl (C=O) groups is 1. The molecule has 0 radical (unpaired) electrons. The van der Waals surface area contributed by atoms with Crippen molar-refractivity contribution in [1.29, 1.82) is 0 Å². The van der Waals surface area contributed by atoms with Gasteiger partial charge in [0.1, 0.15) is 0 Å². The first-order valence-electron chi connectivity index (χ1n) is 6.20. The van der Waals surface area contributed by atoms with Crippen molar-refractivity contribution >= 4 is 34.7 Å². The average Bonchev–Trinajstić information content (AvgIpc) is 2.74. The van der Waals surface area contributed by atoms with Gasteiger partial charge in [0.25, 0.3) is 0 Å². The lowest BCUT2D eigenvalue weighted by Gasteiger charge is -2.10. The molecular weight excluding hydrogens is 276 g/mol. The van der Waals surface area contributed by atoms with Crippen molar-refractivity contribution in [3.05, 3.63) is 40.9 Å². The van der Waals surface area contributed by atoms with E-state index in [4.69, 9.17) is 0 Å². The molecule has 1 N–H and O–H groups in total. The molecule has 1 aliphatic rings. The van der Waals surface area contributed by atoms with Crippen molar-refractivity contribution < 1.29 is 4.79 Å². The number of fused-ring (bicyclic) bond motifs is 1. The van der Waals surface area contributed by atoms with Crippen molar-refractivity contribution in [2.45, 2.75) is 29.4 Å². The van der Waals surface area contributed by atoms with Crippen LogP contribution in [0, 0.1) is 6.92 Å². The molecular formula is C14H14N2OS2. The van der Waals surface area contributed by atoms with Crippen LogP contribution in [0.1, 0.15) is 17.7 Å². The molecule has 0 bridgehead atoms. The van der Waals surface area contributed by atoms with Crippen molar-refractivity contribution in [3.8, 4) is 0 Å². The molecule has 19 heavy (non-hydrogen) atoms. The number of hydrogen-bond acceptors (Lipinski definition) is 4. The third-order valence-corrected chi connectivity index (χ3v) is 5.44. The number of amides is 1. The summed E-state index contributed by atoms with van der Waals surface area (Å²) in [5.74, 6) is 0.0859. The Morgan fingerprint density at radius 2 is 2.26 bits per heavy atom. The van der Waals surface area contributed by atoms with E-state index in [-0.39, 0.29) is 11.2 Å². The van der Waals surface area contributed by atoms with Crippen molar-refractivity contribution in [2.75, 3.05) is 5.32 Å². The minimum Gasteiger partial charge on any atom is -0.325 e. The van der Waals surface area contributed by atoms with Crippen LogP contribution in [0.4, 0.5) is 5.69 Å². The fourth-order valence-electron chi connectivity index (χ4n) is 2.11. The molecule has 1 aliphatic heterocycles. The number of para-hydroxylation sites is 1. The molecule has 1 atom stereocenters. The number of anilines is 1. The molecule has 1 aromatic carbocycles. The Labute approximate surface area is 120 Å². The highest BCUT2D eigenvalue weighted by atomic mass is 32.2. The molecule has 2 aromatic rings. The van der Waals surface area contributed by atoms with Gasteiger partial charge in [-0.3, -0.25) is 4.79 Å². The van der Waals surface area contributed by atoms with Gasteiger partial charge in [-0.15, -0.1) is 11.3 Å². The third kappa shape index (κ3) is 2.82. The largest absolute Gasteiger partial charge is 0.325 e. The van der Waals surface area contributed by atoms with Crippen LogP contribution in [0.25, 0.3) is 0 Å². The van der Waals surface area contributed by atoms with Crippen LogP contribution in [0.3, 0.4) is 0 Å². The second kappa shape index (κ2) is 5.35. The van der Waals surface area contributed by atoms with Crippen LogP contribution < -0.4 is 5.32 Å². The highest BCUT2D eigenvalue weighted by Crippen LogP contribution is 2.32. The van der Waals surface area contributed by atoms with Crippen LogP contribution >= 0.6 is 23.1 Å². The Kier molecular flexibility index (Phi) is 3.57. The molecule has 3 nitrogen and oxygen atoms in total. The van der Waals surface area contributed by atoms with E-state index in [2.05, 4.69) is 16.4 Å². The van der Waals surface area contributed by atoms with Gasteiger partial charge in [-0.05, 0) is 31.4 Å². The highest BCUT2D eigenvalue weighted by molar-refractivity contribution is 8.02. The lowest BCUT2D eigenvalue weighted by Crippen LogP contribution is -2.23. The highest BCUT2D eigenvalue weighted by Gasteiger charge is 2.25. The monoisotopic (exact) mass is 290 g/mol. The van der Waals surface area contributed by atoms with E-state index in [0.717, 1.165) is 28.6 Å². The van der Waals surface area contributed by atoms with E-state index >= 15 is 0 Å². The second-order valence-corrected chi connectivity index (χ2v) is 6.85. The number of aryl methyl sites for hydroxylation is 2. The number of carbonyl (C=O) groups excluding carboxylic acids is 1. The zero-order valence-electron chi connectivity index (χ0n) is 10.6. The Balaban J connectivity index is 1.77. The van der Waals surface area contributed by atoms with Gasteiger partial charge >= 0.3 is 0 Å². The zero-order chi connectivity index (χ0) is 13.2.